The van der Waals surface area contributed by atoms with Crippen LogP contribution in [0.1, 0.15) is 13.3 Å². The molecule has 0 saturated heterocycles. The molecule has 5 nitrogen and oxygen atoms in total. The summed E-state index contributed by atoms with van der Waals surface area (Å²) in [6.07, 6.45) is 0.431. The Morgan fingerprint density at radius 2 is 2.16 bits per heavy atom. The number of hydrogen-bond donors (Lipinski definition) is 2. The van der Waals surface area contributed by atoms with Crippen LogP contribution >= 0.6 is 0 Å². The van der Waals surface area contributed by atoms with Gasteiger partial charge in [-0.1, -0.05) is 6.92 Å². The molecule has 1 atom stereocenters. The molecule has 3 N–H and O–H groups in total. The van der Waals surface area contributed by atoms with Crippen LogP contribution in [0, 0.1) is 0 Å². The normalized spacial score (nSPS) is 12.1. The molecular formula is C12H16F2N2O3. The second-order valence-corrected chi connectivity index (χ2v) is 3.74. The first-order valence-corrected chi connectivity index (χ1v) is 5.67. The number of alkyl halides is 2. The summed E-state index contributed by atoms with van der Waals surface area (Å²) in [6, 6.07) is 3.41. The summed E-state index contributed by atoms with van der Waals surface area (Å²) in [5.41, 5.74) is 5.65. The highest BCUT2D eigenvalue weighted by atomic mass is 19.3. The summed E-state index contributed by atoms with van der Waals surface area (Å²) >= 11 is 0. The number of ether oxygens (including phenoxy) is 2. The monoisotopic (exact) mass is 274 g/mol. The molecule has 0 bridgehead atoms. The fraction of sp³-hybridized carbons (Fsp3) is 0.417. The van der Waals surface area contributed by atoms with Gasteiger partial charge in [0.25, 0.3) is 0 Å². The molecule has 1 aromatic rings. The van der Waals surface area contributed by atoms with E-state index in [0.717, 1.165) is 0 Å². The number of nitrogens with two attached hydrogens (primary N) is 1. The Kier molecular flexibility index (Phi) is 5.50. The van der Waals surface area contributed by atoms with Crippen molar-refractivity contribution >= 4 is 11.6 Å². The van der Waals surface area contributed by atoms with E-state index in [1.54, 1.807) is 6.92 Å². The standard InChI is InChI=1S/C12H16F2N2O3/c1-3-8(15)11(17)16-9-6-7(18-2)4-5-10(9)19-12(13)14/h4-6,8,12H,3,15H2,1-2H3,(H,16,17)/t8-/m1/s1. The van der Waals surface area contributed by atoms with Crippen molar-refractivity contribution in [2.45, 2.75) is 26.0 Å². The molecule has 0 aliphatic carbocycles. The van der Waals surface area contributed by atoms with Crippen LogP contribution in [0.4, 0.5) is 14.5 Å². The molecule has 0 heterocycles. The molecule has 1 rings (SSSR count). The van der Waals surface area contributed by atoms with Gasteiger partial charge in [-0.15, -0.1) is 0 Å². The quantitative estimate of drug-likeness (QED) is 0.831. The Morgan fingerprint density at radius 3 is 2.68 bits per heavy atom. The molecule has 1 amide bonds. The van der Waals surface area contributed by atoms with E-state index in [1.165, 1.54) is 25.3 Å². The molecule has 0 aliphatic rings. The van der Waals surface area contributed by atoms with E-state index in [-0.39, 0.29) is 11.4 Å². The second kappa shape index (κ2) is 6.89. The molecule has 0 spiro atoms. The van der Waals surface area contributed by atoms with Crippen molar-refractivity contribution in [1.82, 2.24) is 0 Å². The summed E-state index contributed by atoms with van der Waals surface area (Å²) in [5, 5.41) is 2.44. The minimum atomic E-state index is -2.98. The highest BCUT2D eigenvalue weighted by Gasteiger charge is 2.16. The molecule has 0 fully saturated rings. The SMILES string of the molecule is CC[C@@H](N)C(=O)Nc1cc(OC)ccc1OC(F)F. The van der Waals surface area contributed by atoms with E-state index >= 15 is 0 Å². The Bertz CT molecular complexity index is 441. The highest BCUT2D eigenvalue weighted by Crippen LogP contribution is 2.30. The van der Waals surface area contributed by atoms with Crippen LogP contribution in [-0.4, -0.2) is 25.7 Å². The zero-order valence-corrected chi connectivity index (χ0v) is 10.7. The van der Waals surface area contributed by atoms with Gasteiger partial charge in [-0.3, -0.25) is 4.79 Å². The smallest absolute Gasteiger partial charge is 0.387 e. The molecule has 0 saturated carbocycles. The van der Waals surface area contributed by atoms with Crippen molar-refractivity contribution < 1.29 is 23.0 Å². The molecule has 1 aromatic carbocycles. The first kappa shape index (κ1) is 15.2. The Hall–Kier alpha value is -1.89. The van der Waals surface area contributed by atoms with E-state index in [2.05, 4.69) is 10.1 Å². The zero-order valence-electron chi connectivity index (χ0n) is 10.7. The van der Waals surface area contributed by atoms with E-state index < -0.39 is 18.6 Å². The maximum Gasteiger partial charge on any atom is 0.387 e. The lowest BCUT2D eigenvalue weighted by Gasteiger charge is -2.15. The highest BCUT2D eigenvalue weighted by molar-refractivity contribution is 5.96. The van der Waals surface area contributed by atoms with Crippen molar-refractivity contribution in [3.63, 3.8) is 0 Å². The molecule has 7 heteroatoms. The third-order valence-corrected chi connectivity index (χ3v) is 2.44. The number of benzene rings is 1. The average Bonchev–Trinajstić information content (AvgIpc) is 2.39. The molecule has 0 unspecified atom stereocenters. The Balaban J connectivity index is 2.97. The first-order valence-electron chi connectivity index (χ1n) is 5.67. The topological polar surface area (TPSA) is 73.6 Å². The van der Waals surface area contributed by atoms with Crippen molar-refractivity contribution in [3.05, 3.63) is 18.2 Å². The summed E-state index contributed by atoms with van der Waals surface area (Å²) in [4.78, 5) is 11.7. The third-order valence-electron chi connectivity index (χ3n) is 2.44. The lowest BCUT2D eigenvalue weighted by Crippen LogP contribution is -2.35. The van der Waals surface area contributed by atoms with E-state index in [1.807, 2.05) is 0 Å². The lowest BCUT2D eigenvalue weighted by molar-refractivity contribution is -0.117. The van der Waals surface area contributed by atoms with Gasteiger partial charge in [0.2, 0.25) is 5.91 Å². The number of amides is 1. The van der Waals surface area contributed by atoms with Gasteiger partial charge in [0, 0.05) is 6.07 Å². The van der Waals surface area contributed by atoms with Crippen LogP contribution in [0.25, 0.3) is 0 Å². The Morgan fingerprint density at radius 1 is 1.47 bits per heavy atom. The number of rotatable bonds is 6. The predicted molar refractivity (Wildman–Crippen MR) is 66.5 cm³/mol. The van der Waals surface area contributed by atoms with Crippen molar-refractivity contribution in [2.75, 3.05) is 12.4 Å². The number of nitrogens with one attached hydrogen (secondary N) is 1. The predicted octanol–water partition coefficient (Wildman–Crippen LogP) is 1.97. The number of carbonyl (C=O) groups excluding carboxylic acids is 1. The molecule has 19 heavy (non-hydrogen) atoms. The zero-order chi connectivity index (χ0) is 14.4. The van der Waals surface area contributed by atoms with Gasteiger partial charge in [-0.05, 0) is 18.6 Å². The van der Waals surface area contributed by atoms with Crippen LogP contribution in [0.3, 0.4) is 0 Å². The average molecular weight is 274 g/mol. The van der Waals surface area contributed by atoms with E-state index in [4.69, 9.17) is 10.5 Å². The minimum Gasteiger partial charge on any atom is -0.497 e. The number of hydrogen-bond acceptors (Lipinski definition) is 4. The van der Waals surface area contributed by atoms with Gasteiger partial charge >= 0.3 is 6.61 Å². The molecule has 106 valence electrons. The number of anilines is 1. The van der Waals surface area contributed by atoms with Crippen molar-refractivity contribution in [3.8, 4) is 11.5 Å². The summed E-state index contributed by atoms with van der Waals surface area (Å²) in [5.74, 6) is -0.218. The summed E-state index contributed by atoms with van der Waals surface area (Å²) in [6.45, 7) is -1.24. The van der Waals surface area contributed by atoms with Gasteiger partial charge in [0.05, 0.1) is 18.8 Å². The van der Waals surface area contributed by atoms with Gasteiger partial charge in [0.15, 0.2) is 0 Å². The van der Waals surface area contributed by atoms with Crippen molar-refractivity contribution in [1.29, 1.82) is 0 Å². The van der Waals surface area contributed by atoms with E-state index in [9.17, 15) is 13.6 Å². The fourth-order valence-electron chi connectivity index (χ4n) is 1.34. The lowest BCUT2D eigenvalue weighted by atomic mass is 10.2. The summed E-state index contributed by atoms with van der Waals surface area (Å²) in [7, 11) is 1.42. The third kappa shape index (κ3) is 4.36. The maximum atomic E-state index is 12.3. The molecule has 0 aromatic heterocycles. The largest absolute Gasteiger partial charge is 0.497 e. The van der Waals surface area contributed by atoms with Gasteiger partial charge in [-0.2, -0.15) is 8.78 Å². The van der Waals surface area contributed by atoms with Gasteiger partial charge < -0.3 is 20.5 Å². The second-order valence-electron chi connectivity index (χ2n) is 3.74. The van der Waals surface area contributed by atoms with Crippen LogP contribution < -0.4 is 20.5 Å². The first-order chi connectivity index (χ1) is 8.97. The maximum absolute atomic E-state index is 12.3. The van der Waals surface area contributed by atoms with Crippen LogP contribution in [0.5, 0.6) is 11.5 Å². The van der Waals surface area contributed by atoms with Crippen LogP contribution in [0.15, 0.2) is 18.2 Å². The number of halogens is 2. The Labute approximate surface area is 109 Å². The molecule has 0 aliphatic heterocycles. The number of methoxy groups -OCH3 is 1. The van der Waals surface area contributed by atoms with Crippen molar-refractivity contribution in [2.24, 2.45) is 5.73 Å². The summed E-state index contributed by atoms with van der Waals surface area (Å²) < 4.78 is 33.8. The minimum absolute atomic E-state index is 0.0913. The molecule has 0 radical (unpaired) electrons. The van der Waals surface area contributed by atoms with Gasteiger partial charge in [0.1, 0.15) is 11.5 Å². The van der Waals surface area contributed by atoms with Crippen LogP contribution in [-0.2, 0) is 4.79 Å². The fourth-order valence-corrected chi connectivity index (χ4v) is 1.34. The number of carbonyl (C=O) groups is 1. The van der Waals surface area contributed by atoms with Gasteiger partial charge in [-0.25, -0.2) is 0 Å². The van der Waals surface area contributed by atoms with Crippen LogP contribution in [0.2, 0.25) is 0 Å². The van der Waals surface area contributed by atoms with E-state index in [0.29, 0.717) is 12.2 Å². The molecular weight excluding hydrogens is 258 g/mol.